The lowest BCUT2D eigenvalue weighted by Crippen LogP contribution is -2.58. The molecule has 4 atom stereocenters. The van der Waals surface area contributed by atoms with Crippen molar-refractivity contribution >= 4 is 35.4 Å². The lowest BCUT2D eigenvalue weighted by atomic mass is 10.00. The number of benzene rings is 1. The summed E-state index contributed by atoms with van der Waals surface area (Å²) in [5.41, 5.74) is 1.44. The molecule has 1 fully saturated rings. The number of nitrogens with one attached hydrogen (secondary N) is 3. The number of carbonyl (C=O) groups is 4. The molecule has 1 saturated heterocycles. The van der Waals surface area contributed by atoms with Crippen molar-refractivity contribution in [1.29, 1.82) is 0 Å². The summed E-state index contributed by atoms with van der Waals surface area (Å²) >= 11 is 1.57. The van der Waals surface area contributed by atoms with E-state index in [-0.39, 0.29) is 36.7 Å². The highest BCUT2D eigenvalue weighted by Crippen LogP contribution is 2.28. The molecule has 4 amide bonds. The van der Waals surface area contributed by atoms with Crippen LogP contribution in [0.15, 0.2) is 36.5 Å². The Balaban J connectivity index is 1.64. The summed E-state index contributed by atoms with van der Waals surface area (Å²) in [5.74, 6) is -0.889. The minimum atomic E-state index is -0.877. The van der Waals surface area contributed by atoms with Crippen molar-refractivity contribution in [3.63, 3.8) is 0 Å². The second-order valence-corrected chi connectivity index (χ2v) is 11.1. The van der Waals surface area contributed by atoms with E-state index in [0.717, 1.165) is 5.56 Å². The molecule has 0 aliphatic carbocycles. The molecular weight excluding hydrogens is 506 g/mol. The topological polar surface area (TPSA) is 138 Å². The Morgan fingerprint density at radius 3 is 2.58 bits per heavy atom. The summed E-state index contributed by atoms with van der Waals surface area (Å²) in [6, 6.07) is 6.70. The first kappa shape index (κ1) is 27.6. The van der Waals surface area contributed by atoms with Crippen LogP contribution in [-0.4, -0.2) is 80.2 Å². The van der Waals surface area contributed by atoms with Gasteiger partial charge in [0.15, 0.2) is 0 Å². The molecule has 2 aliphatic heterocycles. The first-order valence-corrected chi connectivity index (χ1v) is 14.3. The molecular formula is C26H35N7O4S. The molecule has 1 aromatic heterocycles. The number of likely N-dealkylation sites (tertiary alicyclic amines) is 1. The second kappa shape index (κ2) is 12.4. The molecule has 3 heterocycles. The van der Waals surface area contributed by atoms with Crippen LogP contribution in [-0.2, 0) is 32.1 Å². The monoisotopic (exact) mass is 541 g/mol. The predicted molar refractivity (Wildman–Crippen MR) is 143 cm³/mol. The normalized spacial score (nSPS) is 24.3. The van der Waals surface area contributed by atoms with Gasteiger partial charge in [0.2, 0.25) is 23.6 Å². The van der Waals surface area contributed by atoms with Gasteiger partial charge in [0.05, 0.1) is 18.8 Å². The van der Waals surface area contributed by atoms with Gasteiger partial charge in [-0.05, 0) is 17.7 Å². The summed E-state index contributed by atoms with van der Waals surface area (Å²) in [7, 11) is 0. The summed E-state index contributed by atoms with van der Waals surface area (Å²) in [6.45, 7) is 4.12. The molecule has 11 nitrogen and oxygen atoms in total. The number of hydrogen-bond donors (Lipinski definition) is 3. The molecule has 4 bridgehead atoms. The van der Waals surface area contributed by atoms with E-state index in [2.05, 4.69) is 26.3 Å². The minimum Gasteiger partial charge on any atom is -0.349 e. The molecule has 0 radical (unpaired) electrons. The number of carbonyl (C=O) groups excluding carboxylic acids is 4. The van der Waals surface area contributed by atoms with Crippen molar-refractivity contribution < 1.29 is 19.2 Å². The fourth-order valence-corrected chi connectivity index (χ4v) is 5.22. The Labute approximate surface area is 226 Å². The van der Waals surface area contributed by atoms with E-state index in [1.807, 2.05) is 50.4 Å². The minimum absolute atomic E-state index is 0.107. The van der Waals surface area contributed by atoms with Crippen molar-refractivity contribution in [3.05, 3.63) is 47.8 Å². The quantitative estimate of drug-likeness (QED) is 0.489. The van der Waals surface area contributed by atoms with Crippen molar-refractivity contribution in [3.8, 4) is 0 Å². The lowest BCUT2D eigenvalue weighted by molar-refractivity contribution is -0.140. The van der Waals surface area contributed by atoms with Gasteiger partial charge < -0.3 is 20.9 Å². The van der Waals surface area contributed by atoms with Gasteiger partial charge >= 0.3 is 0 Å². The Morgan fingerprint density at radius 2 is 1.87 bits per heavy atom. The van der Waals surface area contributed by atoms with E-state index in [1.165, 1.54) is 0 Å². The molecule has 4 rings (SSSR count). The summed E-state index contributed by atoms with van der Waals surface area (Å²) in [4.78, 5) is 54.8. The van der Waals surface area contributed by atoms with Crippen molar-refractivity contribution in [2.75, 3.05) is 18.6 Å². The fourth-order valence-electron chi connectivity index (χ4n) is 4.84. The van der Waals surface area contributed by atoms with Crippen LogP contribution < -0.4 is 16.0 Å². The van der Waals surface area contributed by atoms with Gasteiger partial charge in [-0.25, -0.2) is 4.68 Å². The Morgan fingerprint density at radius 1 is 1.11 bits per heavy atom. The number of amides is 4. The van der Waals surface area contributed by atoms with Gasteiger partial charge in [-0.1, -0.05) is 49.4 Å². The van der Waals surface area contributed by atoms with E-state index in [9.17, 15) is 19.2 Å². The molecule has 3 N–H and O–H groups in total. The van der Waals surface area contributed by atoms with Gasteiger partial charge in [0.1, 0.15) is 23.8 Å². The van der Waals surface area contributed by atoms with Crippen LogP contribution in [0.3, 0.4) is 0 Å². The SMILES string of the molecule is CSCCC(=O)N1C[C@@H]2C[C@H]1C(=O)N[C@@H](C(C)C)C(=O)N[C@H](Cc1ccccc1)C(=O)NCc1cn2nn1. The third-order valence-electron chi connectivity index (χ3n) is 6.96. The lowest BCUT2D eigenvalue weighted by Gasteiger charge is -2.29. The highest BCUT2D eigenvalue weighted by Gasteiger charge is 2.42. The number of thioether (sulfide) groups is 1. The smallest absolute Gasteiger partial charge is 0.243 e. The summed E-state index contributed by atoms with van der Waals surface area (Å²) in [5, 5.41) is 17.0. The van der Waals surface area contributed by atoms with Gasteiger partial charge in [-0.15, -0.1) is 5.10 Å². The maximum Gasteiger partial charge on any atom is 0.243 e. The van der Waals surface area contributed by atoms with Crippen molar-refractivity contribution in [2.45, 2.75) is 63.8 Å². The molecule has 1 aromatic carbocycles. The Bertz CT molecular complexity index is 1160. The number of aromatic nitrogens is 3. The zero-order valence-electron chi connectivity index (χ0n) is 21.9. The van der Waals surface area contributed by atoms with Crippen LogP contribution >= 0.6 is 11.8 Å². The Hall–Kier alpha value is -3.41. The van der Waals surface area contributed by atoms with E-state index in [0.29, 0.717) is 30.8 Å². The highest BCUT2D eigenvalue weighted by atomic mass is 32.2. The maximum atomic E-state index is 13.5. The number of fused-ring (bicyclic) bond motifs is 5. The van der Waals surface area contributed by atoms with Crippen LogP contribution in [0.1, 0.15) is 44.0 Å². The van der Waals surface area contributed by atoms with E-state index >= 15 is 0 Å². The maximum absolute atomic E-state index is 13.5. The van der Waals surface area contributed by atoms with Crippen molar-refractivity contribution in [1.82, 2.24) is 35.8 Å². The average Bonchev–Trinajstić information content (AvgIpc) is 3.56. The van der Waals surface area contributed by atoms with Gasteiger partial charge in [-0.2, -0.15) is 11.8 Å². The molecule has 38 heavy (non-hydrogen) atoms. The van der Waals surface area contributed by atoms with Crippen LogP contribution in [0.4, 0.5) is 0 Å². The average molecular weight is 542 g/mol. The van der Waals surface area contributed by atoms with E-state index in [1.54, 1.807) is 27.5 Å². The highest BCUT2D eigenvalue weighted by molar-refractivity contribution is 7.98. The van der Waals surface area contributed by atoms with Gasteiger partial charge in [-0.3, -0.25) is 19.2 Å². The summed E-state index contributed by atoms with van der Waals surface area (Å²) in [6.07, 6.45) is 4.63. The van der Waals surface area contributed by atoms with Gasteiger partial charge in [0.25, 0.3) is 0 Å². The first-order chi connectivity index (χ1) is 18.3. The van der Waals surface area contributed by atoms with E-state index in [4.69, 9.17) is 0 Å². The van der Waals surface area contributed by atoms with E-state index < -0.39 is 29.9 Å². The van der Waals surface area contributed by atoms with Crippen LogP contribution in [0.5, 0.6) is 0 Å². The third kappa shape index (κ3) is 6.53. The summed E-state index contributed by atoms with van der Waals surface area (Å²) < 4.78 is 1.66. The number of hydrogen-bond acceptors (Lipinski definition) is 7. The number of rotatable bonds is 6. The molecule has 0 unspecified atom stereocenters. The molecule has 2 aliphatic rings. The molecule has 0 saturated carbocycles. The zero-order chi connectivity index (χ0) is 27.2. The molecule has 2 aromatic rings. The van der Waals surface area contributed by atoms with Crippen molar-refractivity contribution in [2.24, 2.45) is 5.92 Å². The van der Waals surface area contributed by atoms with Gasteiger partial charge in [0, 0.05) is 31.6 Å². The largest absolute Gasteiger partial charge is 0.349 e. The molecule has 12 heteroatoms. The fraction of sp³-hybridized carbons (Fsp3) is 0.538. The first-order valence-electron chi connectivity index (χ1n) is 12.9. The molecule has 0 spiro atoms. The molecule has 204 valence electrons. The number of nitrogens with zero attached hydrogens (tertiary/aromatic N) is 4. The predicted octanol–water partition coefficient (Wildman–Crippen LogP) is 0.671. The zero-order valence-corrected chi connectivity index (χ0v) is 22.7. The van der Waals surface area contributed by atoms with Crippen LogP contribution in [0.25, 0.3) is 0 Å². The third-order valence-corrected chi connectivity index (χ3v) is 7.57. The van der Waals surface area contributed by atoms with Crippen LogP contribution in [0.2, 0.25) is 0 Å². The van der Waals surface area contributed by atoms with Crippen LogP contribution in [0, 0.1) is 5.92 Å². The Kier molecular flexibility index (Phi) is 9.03. The standard InChI is InChI=1S/C26H35N7O4S/c1-16(2)23-26(37)28-20(11-17-7-5-4-6-8-17)24(35)27-13-18-14-33(31-30-18)19-12-21(25(36)29-23)32(15-19)22(34)9-10-38-3/h4-8,14,16,19-21,23H,9-13,15H2,1-3H3,(H,27,35)(H,28,37)(H,29,36)/t19-,20+,21-,23-/m0/s1. The second-order valence-electron chi connectivity index (χ2n) is 10.1.